The van der Waals surface area contributed by atoms with Crippen LogP contribution in [0.5, 0.6) is 0 Å². The maximum atomic E-state index is 11.6. The lowest BCUT2D eigenvalue weighted by molar-refractivity contribution is 0.0751. The molecule has 0 aliphatic heterocycles. The summed E-state index contributed by atoms with van der Waals surface area (Å²) in [5, 5.41) is 8.71. The van der Waals surface area contributed by atoms with Crippen molar-refractivity contribution in [3.63, 3.8) is 0 Å². The van der Waals surface area contributed by atoms with Crippen LogP contribution in [0.1, 0.15) is 17.3 Å². The van der Waals surface area contributed by atoms with E-state index in [1.165, 1.54) is 0 Å². The van der Waals surface area contributed by atoms with Gasteiger partial charge in [0.05, 0.1) is 0 Å². The van der Waals surface area contributed by atoms with Gasteiger partial charge in [-0.05, 0) is 19.1 Å². The molecule has 0 heterocycles. The molecule has 0 radical (unpaired) electrons. The highest BCUT2D eigenvalue weighted by atomic mass is 35.5. The van der Waals surface area contributed by atoms with Gasteiger partial charge in [-0.15, -0.1) is 12.4 Å². The van der Waals surface area contributed by atoms with E-state index < -0.39 is 12.0 Å². The summed E-state index contributed by atoms with van der Waals surface area (Å²) in [6.45, 7) is 1.78. The molecule has 15 heavy (non-hydrogen) atoms. The van der Waals surface area contributed by atoms with E-state index >= 15 is 0 Å². The lowest BCUT2D eigenvalue weighted by atomic mass is 10.2. The molecule has 0 saturated carbocycles. The molecule has 0 aromatic heterocycles. The zero-order valence-electron chi connectivity index (χ0n) is 8.21. The molecule has 0 atom stereocenters. The quantitative estimate of drug-likeness (QED) is 0.846. The van der Waals surface area contributed by atoms with Gasteiger partial charge in [-0.25, -0.2) is 9.69 Å². The van der Waals surface area contributed by atoms with Crippen LogP contribution in [0.4, 0.5) is 4.79 Å². The Morgan fingerprint density at radius 3 is 2.20 bits per heavy atom. The molecule has 0 spiro atoms. The minimum atomic E-state index is -1.22. The molecule has 0 bridgehead atoms. The summed E-state index contributed by atoms with van der Waals surface area (Å²) in [5.74, 6) is -0.486. The lowest BCUT2D eigenvalue weighted by Crippen LogP contribution is -2.35. The van der Waals surface area contributed by atoms with Gasteiger partial charge in [-0.3, -0.25) is 4.79 Å². The van der Waals surface area contributed by atoms with Crippen LogP contribution in [-0.2, 0) is 0 Å². The van der Waals surface area contributed by atoms with Gasteiger partial charge in [0.15, 0.2) is 0 Å². The van der Waals surface area contributed by atoms with Crippen LogP contribution in [0.2, 0.25) is 0 Å². The topological polar surface area (TPSA) is 57.6 Å². The van der Waals surface area contributed by atoms with Crippen molar-refractivity contribution in [3.8, 4) is 0 Å². The van der Waals surface area contributed by atoms with Crippen molar-refractivity contribution in [1.82, 2.24) is 4.90 Å². The predicted octanol–water partition coefficient (Wildman–Crippen LogP) is 2.25. The van der Waals surface area contributed by atoms with Crippen LogP contribution >= 0.6 is 12.4 Å². The molecule has 0 aliphatic carbocycles. The Balaban J connectivity index is 0.00000196. The number of hydrogen-bond donors (Lipinski definition) is 1. The highest BCUT2D eigenvalue weighted by Gasteiger charge is 2.19. The molecular formula is C10H12ClNO3. The average molecular weight is 230 g/mol. The normalized spacial score (nSPS) is 8.87. The number of imide groups is 1. The van der Waals surface area contributed by atoms with Crippen LogP contribution < -0.4 is 0 Å². The van der Waals surface area contributed by atoms with E-state index in [2.05, 4.69) is 0 Å². The van der Waals surface area contributed by atoms with Gasteiger partial charge in [0.25, 0.3) is 5.91 Å². The molecular weight excluding hydrogens is 218 g/mol. The monoisotopic (exact) mass is 229 g/mol. The van der Waals surface area contributed by atoms with Crippen molar-refractivity contribution in [2.24, 2.45) is 0 Å². The van der Waals surface area contributed by atoms with Crippen LogP contribution in [0.3, 0.4) is 0 Å². The predicted molar refractivity (Wildman–Crippen MR) is 58.4 cm³/mol. The zero-order chi connectivity index (χ0) is 10.6. The zero-order valence-corrected chi connectivity index (χ0v) is 9.03. The molecule has 0 aliphatic rings. The first-order valence-corrected chi connectivity index (χ1v) is 4.26. The Morgan fingerprint density at radius 1 is 1.27 bits per heavy atom. The maximum Gasteiger partial charge on any atom is 0.414 e. The number of carboxylic acid groups (broad SMARTS) is 1. The van der Waals surface area contributed by atoms with Gasteiger partial charge >= 0.3 is 6.09 Å². The summed E-state index contributed by atoms with van der Waals surface area (Å²) in [5.41, 5.74) is 0.386. The van der Waals surface area contributed by atoms with Crippen LogP contribution in [0, 0.1) is 0 Å². The Morgan fingerprint density at radius 2 is 1.80 bits per heavy atom. The lowest BCUT2D eigenvalue weighted by Gasteiger charge is -2.14. The number of carbonyl (C=O) groups excluding carboxylic acids is 1. The van der Waals surface area contributed by atoms with E-state index in [9.17, 15) is 9.59 Å². The molecule has 1 rings (SSSR count). The van der Waals surface area contributed by atoms with Gasteiger partial charge in [-0.1, -0.05) is 18.2 Å². The summed E-state index contributed by atoms with van der Waals surface area (Å²) >= 11 is 0. The highest BCUT2D eigenvalue weighted by Crippen LogP contribution is 2.04. The van der Waals surface area contributed by atoms with Crippen LogP contribution in [0.25, 0.3) is 0 Å². The van der Waals surface area contributed by atoms with E-state index in [1.54, 1.807) is 37.3 Å². The minimum Gasteiger partial charge on any atom is -0.465 e. The van der Waals surface area contributed by atoms with E-state index in [-0.39, 0.29) is 19.0 Å². The smallest absolute Gasteiger partial charge is 0.414 e. The molecule has 1 aromatic carbocycles. The number of hydrogen-bond acceptors (Lipinski definition) is 2. The maximum absolute atomic E-state index is 11.6. The molecule has 5 heteroatoms. The van der Waals surface area contributed by atoms with Crippen molar-refractivity contribution < 1.29 is 14.7 Å². The second-order valence-corrected chi connectivity index (χ2v) is 2.70. The summed E-state index contributed by atoms with van der Waals surface area (Å²) in [4.78, 5) is 23.0. The second kappa shape index (κ2) is 6.03. The Kier molecular flexibility index (Phi) is 5.41. The first kappa shape index (κ1) is 13.5. The summed E-state index contributed by atoms with van der Waals surface area (Å²) in [7, 11) is 0. The molecule has 82 valence electrons. The van der Waals surface area contributed by atoms with Gasteiger partial charge in [-0.2, -0.15) is 0 Å². The summed E-state index contributed by atoms with van der Waals surface area (Å²) in [6, 6.07) is 8.35. The Labute approximate surface area is 93.9 Å². The fraction of sp³-hybridized carbons (Fsp3) is 0.200. The van der Waals surface area contributed by atoms with Gasteiger partial charge in [0, 0.05) is 12.1 Å². The van der Waals surface area contributed by atoms with Crippen LogP contribution in [0.15, 0.2) is 30.3 Å². The van der Waals surface area contributed by atoms with Crippen molar-refractivity contribution in [2.45, 2.75) is 6.92 Å². The molecule has 1 N–H and O–H groups in total. The third-order valence-corrected chi connectivity index (χ3v) is 1.81. The number of amides is 2. The van der Waals surface area contributed by atoms with E-state index in [0.717, 1.165) is 4.90 Å². The first-order valence-electron chi connectivity index (χ1n) is 4.26. The number of halogens is 1. The molecule has 0 fully saturated rings. The fourth-order valence-electron chi connectivity index (χ4n) is 1.10. The fourth-order valence-corrected chi connectivity index (χ4v) is 1.10. The highest BCUT2D eigenvalue weighted by molar-refractivity contribution is 6.02. The average Bonchev–Trinajstić information content (AvgIpc) is 2.19. The van der Waals surface area contributed by atoms with Crippen molar-refractivity contribution >= 4 is 24.4 Å². The minimum absolute atomic E-state index is 0. The second-order valence-electron chi connectivity index (χ2n) is 2.70. The first-order chi connectivity index (χ1) is 6.66. The SMILES string of the molecule is CCN(C(=O)O)C(=O)c1ccccc1.Cl. The van der Waals surface area contributed by atoms with Crippen molar-refractivity contribution in [1.29, 1.82) is 0 Å². The summed E-state index contributed by atoms with van der Waals surface area (Å²) in [6.07, 6.45) is -1.22. The molecule has 0 saturated heterocycles. The summed E-state index contributed by atoms with van der Waals surface area (Å²) < 4.78 is 0. The van der Waals surface area contributed by atoms with E-state index in [0.29, 0.717) is 5.56 Å². The number of carbonyl (C=O) groups is 2. The van der Waals surface area contributed by atoms with Crippen molar-refractivity contribution in [2.75, 3.05) is 6.54 Å². The number of nitrogens with zero attached hydrogens (tertiary/aromatic N) is 1. The Bertz CT molecular complexity index is 340. The number of rotatable bonds is 2. The van der Waals surface area contributed by atoms with E-state index in [1.807, 2.05) is 0 Å². The third-order valence-electron chi connectivity index (χ3n) is 1.81. The molecule has 1 aromatic rings. The van der Waals surface area contributed by atoms with Gasteiger partial charge in [0.2, 0.25) is 0 Å². The Hall–Kier alpha value is -1.55. The standard InChI is InChI=1S/C10H11NO3.ClH/c1-2-11(10(13)14)9(12)8-6-4-3-5-7-8;/h3-7H,2H2,1H3,(H,13,14);1H. The number of benzene rings is 1. The molecule has 4 nitrogen and oxygen atoms in total. The van der Waals surface area contributed by atoms with Crippen molar-refractivity contribution in [3.05, 3.63) is 35.9 Å². The molecule has 2 amide bonds. The third kappa shape index (κ3) is 3.25. The molecule has 0 unspecified atom stereocenters. The van der Waals surface area contributed by atoms with Gasteiger partial charge < -0.3 is 5.11 Å². The van der Waals surface area contributed by atoms with Crippen LogP contribution in [-0.4, -0.2) is 28.6 Å². The van der Waals surface area contributed by atoms with Gasteiger partial charge in [0.1, 0.15) is 0 Å². The largest absolute Gasteiger partial charge is 0.465 e. The van der Waals surface area contributed by atoms with E-state index in [4.69, 9.17) is 5.11 Å².